The average molecular weight is 292 g/mol. The van der Waals surface area contributed by atoms with Crippen molar-refractivity contribution in [3.63, 3.8) is 0 Å². The Hall–Kier alpha value is -1.52. The number of hydrogen-bond acceptors (Lipinski definition) is 3. The maximum atomic E-state index is 6.09. The summed E-state index contributed by atoms with van der Waals surface area (Å²) in [5.74, 6) is 0.937. The highest BCUT2D eigenvalue weighted by molar-refractivity contribution is 7.14. The number of nitrogens with zero attached hydrogens (tertiary/aromatic N) is 2. The molecule has 3 rings (SSSR count). The number of rotatable bonds is 3. The van der Waals surface area contributed by atoms with E-state index in [1.807, 2.05) is 29.6 Å². The standard InChI is InChI=1S/C14H14ClN3S/c1-2-6-18-12-8-9(15)3-4-11(12)17-14(18)13-10(16)5-7-19-13/h3-5,7-8H,2,6,16H2,1H3. The fourth-order valence-corrected chi connectivity index (χ4v) is 3.20. The Kier molecular flexibility index (Phi) is 3.21. The number of nitrogen functional groups attached to an aromatic ring is 1. The zero-order chi connectivity index (χ0) is 13.4. The first-order valence-electron chi connectivity index (χ1n) is 6.20. The lowest BCUT2D eigenvalue weighted by molar-refractivity contribution is 0.705. The molecular formula is C14H14ClN3S. The van der Waals surface area contributed by atoms with Crippen LogP contribution in [0.5, 0.6) is 0 Å². The molecule has 3 nitrogen and oxygen atoms in total. The molecular weight excluding hydrogens is 278 g/mol. The van der Waals surface area contributed by atoms with Gasteiger partial charge in [0.05, 0.1) is 21.6 Å². The van der Waals surface area contributed by atoms with Crippen LogP contribution in [-0.4, -0.2) is 9.55 Å². The van der Waals surface area contributed by atoms with Gasteiger partial charge in [-0.15, -0.1) is 11.3 Å². The fraction of sp³-hybridized carbons (Fsp3) is 0.214. The Labute approximate surface area is 120 Å². The van der Waals surface area contributed by atoms with Crippen molar-refractivity contribution in [2.75, 3.05) is 5.73 Å². The van der Waals surface area contributed by atoms with Crippen molar-refractivity contribution < 1.29 is 0 Å². The van der Waals surface area contributed by atoms with Crippen molar-refractivity contribution in [2.24, 2.45) is 0 Å². The second kappa shape index (κ2) is 4.87. The van der Waals surface area contributed by atoms with Gasteiger partial charge in [0.2, 0.25) is 0 Å². The smallest absolute Gasteiger partial charge is 0.153 e. The Morgan fingerprint density at radius 2 is 2.21 bits per heavy atom. The minimum absolute atomic E-state index is 0.732. The zero-order valence-corrected chi connectivity index (χ0v) is 12.1. The van der Waals surface area contributed by atoms with Gasteiger partial charge in [-0.1, -0.05) is 18.5 Å². The van der Waals surface area contributed by atoms with Crippen molar-refractivity contribution in [1.29, 1.82) is 0 Å². The summed E-state index contributed by atoms with van der Waals surface area (Å²) >= 11 is 7.71. The molecule has 2 heterocycles. The van der Waals surface area contributed by atoms with Crippen LogP contribution in [0.2, 0.25) is 5.02 Å². The average Bonchev–Trinajstić information content (AvgIpc) is 2.94. The van der Waals surface area contributed by atoms with E-state index in [2.05, 4.69) is 11.5 Å². The minimum atomic E-state index is 0.732. The zero-order valence-electron chi connectivity index (χ0n) is 10.6. The number of aryl methyl sites for hydroxylation is 1. The molecule has 0 amide bonds. The monoisotopic (exact) mass is 291 g/mol. The molecule has 0 aliphatic carbocycles. The first-order chi connectivity index (χ1) is 9.20. The van der Waals surface area contributed by atoms with E-state index in [4.69, 9.17) is 22.3 Å². The van der Waals surface area contributed by atoms with Crippen LogP contribution in [0, 0.1) is 0 Å². The van der Waals surface area contributed by atoms with Crippen molar-refractivity contribution in [1.82, 2.24) is 9.55 Å². The summed E-state index contributed by atoms with van der Waals surface area (Å²) in [6.07, 6.45) is 1.04. The third-order valence-electron chi connectivity index (χ3n) is 3.06. The lowest BCUT2D eigenvalue weighted by atomic mass is 10.3. The summed E-state index contributed by atoms with van der Waals surface area (Å²) in [7, 11) is 0. The van der Waals surface area contributed by atoms with Crippen LogP contribution in [-0.2, 0) is 6.54 Å². The molecule has 0 bridgehead atoms. The van der Waals surface area contributed by atoms with Crippen LogP contribution in [0.25, 0.3) is 21.7 Å². The molecule has 0 aliphatic rings. The molecule has 0 aliphatic heterocycles. The van der Waals surface area contributed by atoms with Crippen molar-refractivity contribution in [2.45, 2.75) is 19.9 Å². The lowest BCUT2D eigenvalue weighted by Crippen LogP contribution is -2.00. The maximum absolute atomic E-state index is 6.09. The van der Waals surface area contributed by atoms with Crippen molar-refractivity contribution in [3.8, 4) is 10.7 Å². The molecule has 0 fully saturated rings. The molecule has 5 heteroatoms. The molecule has 0 radical (unpaired) electrons. The third-order valence-corrected chi connectivity index (χ3v) is 4.22. The number of nitrogens with two attached hydrogens (primary N) is 1. The van der Waals surface area contributed by atoms with Gasteiger partial charge in [-0.3, -0.25) is 0 Å². The van der Waals surface area contributed by atoms with Gasteiger partial charge < -0.3 is 10.3 Å². The van der Waals surface area contributed by atoms with Gasteiger partial charge in [0.15, 0.2) is 5.82 Å². The predicted molar refractivity (Wildman–Crippen MR) is 82.8 cm³/mol. The quantitative estimate of drug-likeness (QED) is 0.777. The normalized spacial score (nSPS) is 11.3. The number of thiophene rings is 1. The van der Waals surface area contributed by atoms with Crippen LogP contribution in [0.4, 0.5) is 5.69 Å². The summed E-state index contributed by atoms with van der Waals surface area (Å²) in [5.41, 5.74) is 8.83. The summed E-state index contributed by atoms with van der Waals surface area (Å²) < 4.78 is 2.20. The molecule has 0 saturated carbocycles. The highest BCUT2D eigenvalue weighted by Gasteiger charge is 2.15. The summed E-state index contributed by atoms with van der Waals surface area (Å²) in [6.45, 7) is 3.06. The Bertz CT molecular complexity index is 729. The van der Waals surface area contributed by atoms with Gasteiger partial charge >= 0.3 is 0 Å². The molecule has 0 unspecified atom stereocenters. The number of aromatic nitrogens is 2. The van der Waals surface area contributed by atoms with E-state index in [-0.39, 0.29) is 0 Å². The number of fused-ring (bicyclic) bond motifs is 1. The second-order valence-electron chi connectivity index (χ2n) is 4.43. The summed E-state index contributed by atoms with van der Waals surface area (Å²) in [4.78, 5) is 5.74. The molecule has 0 atom stereocenters. The van der Waals surface area contributed by atoms with Gasteiger partial charge in [-0.05, 0) is 36.1 Å². The molecule has 3 aromatic rings. The Balaban J connectivity index is 2.29. The van der Waals surface area contributed by atoms with E-state index in [0.29, 0.717) is 0 Å². The molecule has 0 saturated heterocycles. The highest BCUT2D eigenvalue weighted by atomic mass is 35.5. The predicted octanol–water partition coefficient (Wildman–Crippen LogP) is 4.41. The van der Waals surface area contributed by atoms with E-state index in [1.165, 1.54) is 0 Å². The molecule has 0 spiro atoms. The van der Waals surface area contributed by atoms with Gasteiger partial charge in [0.25, 0.3) is 0 Å². The third kappa shape index (κ3) is 2.11. The topological polar surface area (TPSA) is 43.8 Å². The van der Waals surface area contributed by atoms with Crippen LogP contribution < -0.4 is 5.73 Å². The number of hydrogen-bond donors (Lipinski definition) is 1. The largest absolute Gasteiger partial charge is 0.397 e. The van der Waals surface area contributed by atoms with Crippen molar-refractivity contribution >= 4 is 39.7 Å². The number of imidazole rings is 1. The van der Waals surface area contributed by atoms with Crippen LogP contribution in [0.15, 0.2) is 29.6 Å². The van der Waals surface area contributed by atoms with Gasteiger partial charge in [-0.2, -0.15) is 0 Å². The Morgan fingerprint density at radius 1 is 1.37 bits per heavy atom. The first-order valence-corrected chi connectivity index (χ1v) is 7.45. The van der Waals surface area contributed by atoms with E-state index < -0.39 is 0 Å². The van der Waals surface area contributed by atoms with Crippen molar-refractivity contribution in [3.05, 3.63) is 34.7 Å². The second-order valence-corrected chi connectivity index (χ2v) is 5.78. The maximum Gasteiger partial charge on any atom is 0.153 e. The summed E-state index contributed by atoms with van der Waals surface area (Å²) in [6, 6.07) is 7.71. The fourth-order valence-electron chi connectivity index (χ4n) is 2.22. The SMILES string of the molecule is CCCn1c(-c2sccc2N)nc2ccc(Cl)cc21. The number of halogens is 1. The minimum Gasteiger partial charge on any atom is -0.397 e. The summed E-state index contributed by atoms with van der Waals surface area (Å²) in [5, 5.41) is 2.73. The van der Waals surface area contributed by atoms with E-state index in [0.717, 1.165) is 45.4 Å². The number of benzene rings is 1. The molecule has 2 N–H and O–H groups in total. The molecule has 98 valence electrons. The first kappa shape index (κ1) is 12.5. The van der Waals surface area contributed by atoms with E-state index in [1.54, 1.807) is 11.3 Å². The van der Waals surface area contributed by atoms with Crippen LogP contribution >= 0.6 is 22.9 Å². The van der Waals surface area contributed by atoms with E-state index in [9.17, 15) is 0 Å². The molecule has 2 aromatic heterocycles. The van der Waals surface area contributed by atoms with Gasteiger partial charge in [0.1, 0.15) is 0 Å². The highest BCUT2D eigenvalue weighted by Crippen LogP contribution is 2.34. The van der Waals surface area contributed by atoms with E-state index >= 15 is 0 Å². The van der Waals surface area contributed by atoms with Gasteiger partial charge in [0, 0.05) is 11.6 Å². The number of anilines is 1. The van der Waals surface area contributed by atoms with Gasteiger partial charge in [-0.25, -0.2) is 4.98 Å². The van der Waals surface area contributed by atoms with Crippen LogP contribution in [0.1, 0.15) is 13.3 Å². The lowest BCUT2D eigenvalue weighted by Gasteiger charge is -2.07. The van der Waals surface area contributed by atoms with Crippen LogP contribution in [0.3, 0.4) is 0 Å². The molecule has 19 heavy (non-hydrogen) atoms. The molecule has 1 aromatic carbocycles. The Morgan fingerprint density at radius 3 is 2.89 bits per heavy atom.